The van der Waals surface area contributed by atoms with Crippen molar-refractivity contribution in [3.05, 3.63) is 68.4 Å². The molecule has 2 rings (SSSR count). The first-order valence-electron chi connectivity index (χ1n) is 5.80. The monoisotopic (exact) mass is 298 g/mol. The number of aliphatic hydroxyl groups is 1. The maximum atomic E-state index is 13.6. The summed E-state index contributed by atoms with van der Waals surface area (Å²) in [7, 11) is 0. The smallest absolute Gasteiger partial charge is 0.129 e. The second-order valence-corrected chi connectivity index (χ2v) is 5.32. The Morgan fingerprint density at radius 3 is 2.00 bits per heavy atom. The maximum absolute atomic E-state index is 13.6. The van der Waals surface area contributed by atoms with E-state index in [1.165, 1.54) is 0 Å². The molecule has 0 radical (unpaired) electrons. The summed E-state index contributed by atoms with van der Waals surface area (Å²) >= 11 is 12.1. The predicted molar refractivity (Wildman–Crippen MR) is 76.4 cm³/mol. The molecule has 0 aliphatic carbocycles. The average Bonchev–Trinajstić information content (AvgIpc) is 2.35. The number of benzene rings is 2. The van der Waals surface area contributed by atoms with Crippen LogP contribution in [0.15, 0.2) is 30.3 Å². The first-order chi connectivity index (χ1) is 8.91. The summed E-state index contributed by atoms with van der Waals surface area (Å²) in [5.74, 6) is -0.263. The van der Waals surface area contributed by atoms with E-state index in [9.17, 15) is 9.50 Å². The molecule has 0 saturated heterocycles. The molecule has 0 spiro atoms. The van der Waals surface area contributed by atoms with E-state index in [0.29, 0.717) is 32.3 Å². The molecule has 0 aliphatic heterocycles. The predicted octanol–water partition coefficient (Wildman–Crippen LogP) is 4.83. The Morgan fingerprint density at radius 2 is 1.53 bits per heavy atom. The molecule has 0 aromatic heterocycles. The minimum atomic E-state index is -0.973. The third kappa shape index (κ3) is 2.76. The molecule has 0 aliphatic rings. The van der Waals surface area contributed by atoms with E-state index in [4.69, 9.17) is 23.2 Å². The second kappa shape index (κ2) is 5.49. The van der Waals surface area contributed by atoms with Gasteiger partial charge in [0, 0.05) is 15.6 Å². The fourth-order valence-corrected chi connectivity index (χ4v) is 2.68. The molecule has 1 N–H and O–H groups in total. The molecule has 0 saturated carbocycles. The summed E-state index contributed by atoms with van der Waals surface area (Å²) in [6.07, 6.45) is -0.973. The summed E-state index contributed by atoms with van der Waals surface area (Å²) < 4.78 is 13.6. The highest BCUT2D eigenvalue weighted by atomic mass is 35.5. The van der Waals surface area contributed by atoms with Gasteiger partial charge in [-0.05, 0) is 42.7 Å². The highest BCUT2D eigenvalue weighted by Crippen LogP contribution is 2.34. The van der Waals surface area contributed by atoms with Crippen LogP contribution in [0.2, 0.25) is 10.0 Å². The van der Waals surface area contributed by atoms with Crippen LogP contribution in [-0.2, 0) is 0 Å². The SMILES string of the molecule is Cc1cc(C(O)c2c(Cl)cccc2Cl)cc(C)c1F. The van der Waals surface area contributed by atoms with Gasteiger partial charge in [0.15, 0.2) is 0 Å². The highest BCUT2D eigenvalue weighted by molar-refractivity contribution is 6.36. The summed E-state index contributed by atoms with van der Waals surface area (Å²) in [5, 5.41) is 11.2. The Bertz CT molecular complexity index is 582. The summed E-state index contributed by atoms with van der Waals surface area (Å²) in [5.41, 5.74) is 1.98. The highest BCUT2D eigenvalue weighted by Gasteiger charge is 2.19. The van der Waals surface area contributed by atoms with Gasteiger partial charge in [-0.1, -0.05) is 41.4 Å². The first kappa shape index (κ1) is 14.3. The molecule has 100 valence electrons. The second-order valence-electron chi connectivity index (χ2n) is 4.51. The van der Waals surface area contributed by atoms with Crippen LogP contribution in [-0.4, -0.2) is 5.11 Å². The molecular formula is C15H13Cl2FO. The molecule has 1 nitrogen and oxygen atoms in total. The molecule has 2 aromatic carbocycles. The Hall–Kier alpha value is -1.09. The van der Waals surface area contributed by atoms with Crippen LogP contribution in [0.3, 0.4) is 0 Å². The maximum Gasteiger partial charge on any atom is 0.129 e. The fourth-order valence-electron chi connectivity index (χ4n) is 2.08. The van der Waals surface area contributed by atoms with Crippen molar-refractivity contribution < 1.29 is 9.50 Å². The Balaban J connectivity index is 2.53. The topological polar surface area (TPSA) is 20.2 Å². The van der Waals surface area contributed by atoms with E-state index in [1.807, 2.05) is 0 Å². The number of aliphatic hydroxyl groups excluding tert-OH is 1. The molecule has 0 fully saturated rings. The minimum absolute atomic E-state index is 0.263. The van der Waals surface area contributed by atoms with E-state index in [1.54, 1.807) is 44.2 Å². The van der Waals surface area contributed by atoms with Crippen molar-refractivity contribution in [2.75, 3.05) is 0 Å². The van der Waals surface area contributed by atoms with Gasteiger partial charge in [0.25, 0.3) is 0 Å². The van der Waals surface area contributed by atoms with E-state index in [2.05, 4.69) is 0 Å². The number of rotatable bonds is 2. The van der Waals surface area contributed by atoms with Crippen LogP contribution in [0.5, 0.6) is 0 Å². The van der Waals surface area contributed by atoms with Gasteiger partial charge in [-0.3, -0.25) is 0 Å². The quantitative estimate of drug-likeness (QED) is 0.842. The van der Waals surface area contributed by atoms with Crippen LogP contribution in [0.1, 0.15) is 28.4 Å². The lowest BCUT2D eigenvalue weighted by Crippen LogP contribution is -2.04. The van der Waals surface area contributed by atoms with Crippen LogP contribution >= 0.6 is 23.2 Å². The molecule has 4 heteroatoms. The van der Waals surface area contributed by atoms with Crippen LogP contribution in [0.4, 0.5) is 4.39 Å². The molecule has 0 amide bonds. The van der Waals surface area contributed by atoms with E-state index in [-0.39, 0.29) is 5.82 Å². The van der Waals surface area contributed by atoms with Crippen molar-refractivity contribution in [1.82, 2.24) is 0 Å². The third-order valence-electron chi connectivity index (χ3n) is 3.05. The van der Waals surface area contributed by atoms with Crippen molar-refractivity contribution in [2.45, 2.75) is 20.0 Å². The van der Waals surface area contributed by atoms with E-state index >= 15 is 0 Å². The normalized spacial score (nSPS) is 12.5. The molecule has 2 aromatic rings. The van der Waals surface area contributed by atoms with Crippen LogP contribution in [0.25, 0.3) is 0 Å². The third-order valence-corrected chi connectivity index (χ3v) is 3.71. The minimum Gasteiger partial charge on any atom is -0.384 e. The van der Waals surface area contributed by atoms with Gasteiger partial charge < -0.3 is 5.11 Å². The Morgan fingerprint density at radius 1 is 1.05 bits per heavy atom. The zero-order valence-electron chi connectivity index (χ0n) is 10.5. The summed E-state index contributed by atoms with van der Waals surface area (Å²) in [6, 6.07) is 8.24. The van der Waals surface area contributed by atoms with Crippen molar-refractivity contribution in [3.63, 3.8) is 0 Å². The number of hydrogen-bond donors (Lipinski definition) is 1. The number of aryl methyl sites for hydroxylation is 2. The van der Waals surface area contributed by atoms with Gasteiger partial charge in [0.1, 0.15) is 11.9 Å². The summed E-state index contributed by atoms with van der Waals surface area (Å²) in [4.78, 5) is 0. The van der Waals surface area contributed by atoms with E-state index in [0.717, 1.165) is 0 Å². The van der Waals surface area contributed by atoms with Crippen LogP contribution in [0, 0.1) is 19.7 Å². The Kier molecular flexibility index (Phi) is 4.14. The van der Waals surface area contributed by atoms with Gasteiger partial charge in [-0.2, -0.15) is 0 Å². The molecule has 0 bridgehead atoms. The standard InChI is InChI=1S/C15H13Cl2FO/c1-8-6-10(7-9(2)14(8)18)15(19)13-11(16)4-3-5-12(13)17/h3-7,15,19H,1-2H3. The molecule has 0 heterocycles. The van der Waals surface area contributed by atoms with Gasteiger partial charge in [0.05, 0.1) is 0 Å². The Labute approximate surface area is 121 Å². The van der Waals surface area contributed by atoms with Crippen LogP contribution < -0.4 is 0 Å². The molecule has 1 unspecified atom stereocenters. The zero-order chi connectivity index (χ0) is 14.2. The zero-order valence-corrected chi connectivity index (χ0v) is 12.1. The lowest BCUT2D eigenvalue weighted by molar-refractivity contribution is 0.220. The van der Waals surface area contributed by atoms with Gasteiger partial charge in [-0.15, -0.1) is 0 Å². The lowest BCUT2D eigenvalue weighted by atomic mass is 9.97. The molecule has 1 atom stereocenters. The van der Waals surface area contributed by atoms with Gasteiger partial charge >= 0.3 is 0 Å². The summed E-state index contributed by atoms with van der Waals surface area (Å²) in [6.45, 7) is 3.32. The number of hydrogen-bond acceptors (Lipinski definition) is 1. The van der Waals surface area contributed by atoms with Crippen molar-refractivity contribution >= 4 is 23.2 Å². The largest absolute Gasteiger partial charge is 0.384 e. The fraction of sp³-hybridized carbons (Fsp3) is 0.200. The van der Waals surface area contributed by atoms with Gasteiger partial charge in [0.2, 0.25) is 0 Å². The first-order valence-corrected chi connectivity index (χ1v) is 6.56. The van der Waals surface area contributed by atoms with Crippen molar-refractivity contribution in [3.8, 4) is 0 Å². The van der Waals surface area contributed by atoms with Crippen molar-refractivity contribution in [2.24, 2.45) is 0 Å². The number of halogens is 3. The van der Waals surface area contributed by atoms with E-state index < -0.39 is 6.10 Å². The van der Waals surface area contributed by atoms with Crippen molar-refractivity contribution in [1.29, 1.82) is 0 Å². The van der Waals surface area contributed by atoms with Gasteiger partial charge in [-0.25, -0.2) is 4.39 Å². The molecule has 19 heavy (non-hydrogen) atoms. The average molecular weight is 299 g/mol. The lowest BCUT2D eigenvalue weighted by Gasteiger charge is -2.16. The molecular weight excluding hydrogens is 286 g/mol.